The lowest BCUT2D eigenvalue weighted by molar-refractivity contribution is -0.131. The Morgan fingerprint density at radius 3 is 2.54 bits per heavy atom. The summed E-state index contributed by atoms with van der Waals surface area (Å²) in [7, 11) is 0. The third kappa shape index (κ3) is 5.17. The maximum atomic E-state index is 12.3. The molecule has 3 rings (SSSR count). The fourth-order valence-corrected chi connectivity index (χ4v) is 4.13. The topological polar surface area (TPSA) is 64.1 Å². The molecule has 144 valence electrons. The number of hydrogen-bond acceptors (Lipinski definition) is 5. The van der Waals surface area contributed by atoms with Gasteiger partial charge >= 0.3 is 0 Å². The number of rotatable bonds is 5. The first-order valence-corrected chi connectivity index (χ1v) is 10.4. The van der Waals surface area contributed by atoms with Crippen LogP contribution < -0.4 is 5.32 Å². The molecule has 8 heteroatoms. The number of carbonyl (C=O) groups is 1. The van der Waals surface area contributed by atoms with E-state index >= 15 is 0 Å². The predicted molar refractivity (Wildman–Crippen MR) is 105 cm³/mol. The van der Waals surface area contributed by atoms with E-state index < -0.39 is 0 Å². The molecule has 0 aromatic carbocycles. The number of carbonyl (C=O) groups excluding carboxylic acids is 1. The summed E-state index contributed by atoms with van der Waals surface area (Å²) in [6, 6.07) is 0. The summed E-state index contributed by atoms with van der Waals surface area (Å²) >= 11 is 1.70. The maximum Gasteiger partial charge on any atom is 0.236 e. The zero-order valence-corrected chi connectivity index (χ0v) is 16.7. The minimum absolute atomic E-state index is 0.288. The number of aliphatic imine (C=N–C) groups is 1. The summed E-state index contributed by atoms with van der Waals surface area (Å²) in [6.07, 6.45) is 4.21. The molecule has 2 saturated heterocycles. The first kappa shape index (κ1) is 19.1. The second kappa shape index (κ2) is 9.32. The summed E-state index contributed by atoms with van der Waals surface area (Å²) in [6.45, 7) is 11.7. The van der Waals surface area contributed by atoms with Gasteiger partial charge in [-0.1, -0.05) is 0 Å². The lowest BCUT2D eigenvalue weighted by Gasteiger charge is -2.36. The highest BCUT2D eigenvalue weighted by Gasteiger charge is 2.24. The second-order valence-electron chi connectivity index (χ2n) is 6.89. The number of aryl methyl sites for hydroxylation is 1. The van der Waals surface area contributed by atoms with Gasteiger partial charge in [-0.2, -0.15) is 0 Å². The number of likely N-dealkylation sites (tertiary alicyclic amines) is 1. The van der Waals surface area contributed by atoms with E-state index in [9.17, 15) is 4.79 Å². The maximum absolute atomic E-state index is 12.3. The Hall–Kier alpha value is -1.67. The largest absolute Gasteiger partial charge is 0.357 e. The van der Waals surface area contributed by atoms with Crippen molar-refractivity contribution >= 4 is 23.2 Å². The average molecular weight is 379 g/mol. The molecule has 1 aromatic heterocycles. The van der Waals surface area contributed by atoms with Crippen molar-refractivity contribution in [1.82, 2.24) is 25.0 Å². The van der Waals surface area contributed by atoms with Gasteiger partial charge in [-0.25, -0.2) is 9.98 Å². The van der Waals surface area contributed by atoms with E-state index in [4.69, 9.17) is 4.99 Å². The zero-order valence-electron chi connectivity index (χ0n) is 15.9. The van der Waals surface area contributed by atoms with Crippen LogP contribution in [0, 0.1) is 6.92 Å². The van der Waals surface area contributed by atoms with Gasteiger partial charge in [0.1, 0.15) is 5.01 Å². The van der Waals surface area contributed by atoms with Crippen LogP contribution in [0.5, 0.6) is 0 Å². The van der Waals surface area contributed by atoms with Crippen LogP contribution in [-0.4, -0.2) is 83.9 Å². The lowest BCUT2D eigenvalue weighted by atomic mass is 10.3. The Morgan fingerprint density at radius 1 is 1.19 bits per heavy atom. The molecule has 0 unspecified atom stereocenters. The highest BCUT2D eigenvalue weighted by Crippen LogP contribution is 2.13. The van der Waals surface area contributed by atoms with Crippen LogP contribution in [-0.2, 0) is 11.3 Å². The van der Waals surface area contributed by atoms with Crippen LogP contribution in [0.4, 0.5) is 0 Å². The molecule has 0 saturated carbocycles. The summed E-state index contributed by atoms with van der Waals surface area (Å²) < 4.78 is 0. The molecular weight excluding hydrogens is 348 g/mol. The van der Waals surface area contributed by atoms with E-state index in [1.54, 1.807) is 11.3 Å². The number of hydrogen-bond donors (Lipinski definition) is 1. The van der Waals surface area contributed by atoms with Crippen molar-refractivity contribution < 1.29 is 4.79 Å². The monoisotopic (exact) mass is 378 g/mol. The SMILES string of the molecule is CCNC(=NCc1ncc(C)s1)N1CCN(CC(=O)N2CCCC2)CC1. The number of guanidine groups is 1. The van der Waals surface area contributed by atoms with E-state index in [1.807, 2.05) is 11.1 Å². The minimum Gasteiger partial charge on any atom is -0.357 e. The molecule has 0 radical (unpaired) electrons. The molecule has 0 spiro atoms. The molecule has 2 aliphatic rings. The molecule has 0 aliphatic carbocycles. The minimum atomic E-state index is 0.288. The van der Waals surface area contributed by atoms with Crippen molar-refractivity contribution in [1.29, 1.82) is 0 Å². The number of nitrogens with one attached hydrogen (secondary N) is 1. The third-order valence-corrected chi connectivity index (χ3v) is 5.76. The van der Waals surface area contributed by atoms with Crippen LogP contribution in [0.15, 0.2) is 11.2 Å². The van der Waals surface area contributed by atoms with Gasteiger partial charge in [-0.15, -0.1) is 11.3 Å². The standard InChI is InChI=1S/C18H30N6OS/c1-3-19-18(21-13-16-20-12-15(2)26-16)24-10-8-22(9-11-24)14-17(25)23-6-4-5-7-23/h12H,3-11,13-14H2,1-2H3,(H,19,21). The van der Waals surface area contributed by atoms with Crippen LogP contribution in [0.25, 0.3) is 0 Å². The van der Waals surface area contributed by atoms with Crippen molar-refractivity contribution in [2.24, 2.45) is 4.99 Å². The van der Waals surface area contributed by atoms with Gasteiger partial charge in [0, 0.05) is 56.9 Å². The third-order valence-electron chi connectivity index (χ3n) is 4.86. The van der Waals surface area contributed by atoms with Crippen molar-refractivity contribution in [2.45, 2.75) is 33.2 Å². The van der Waals surface area contributed by atoms with E-state index in [2.05, 4.69) is 33.9 Å². The van der Waals surface area contributed by atoms with E-state index in [0.29, 0.717) is 13.1 Å². The predicted octanol–water partition coefficient (Wildman–Crippen LogP) is 1.16. The van der Waals surface area contributed by atoms with Gasteiger partial charge < -0.3 is 15.1 Å². The van der Waals surface area contributed by atoms with Gasteiger partial charge in [-0.3, -0.25) is 9.69 Å². The smallest absolute Gasteiger partial charge is 0.236 e. The number of piperazine rings is 1. The quantitative estimate of drug-likeness (QED) is 0.615. The van der Waals surface area contributed by atoms with Gasteiger partial charge in [0.2, 0.25) is 5.91 Å². The van der Waals surface area contributed by atoms with Crippen LogP contribution in [0.2, 0.25) is 0 Å². The molecule has 3 heterocycles. The lowest BCUT2D eigenvalue weighted by Crippen LogP contribution is -2.54. The number of aromatic nitrogens is 1. The molecular formula is C18H30N6OS. The van der Waals surface area contributed by atoms with Gasteiger partial charge in [0.25, 0.3) is 0 Å². The second-order valence-corrected chi connectivity index (χ2v) is 8.21. The van der Waals surface area contributed by atoms with Crippen LogP contribution in [0.1, 0.15) is 29.7 Å². The molecule has 1 amide bonds. The molecule has 0 atom stereocenters. The Balaban J connectivity index is 1.49. The highest BCUT2D eigenvalue weighted by molar-refractivity contribution is 7.11. The van der Waals surface area contributed by atoms with E-state index in [1.165, 1.54) is 4.88 Å². The number of thiazole rings is 1. The molecule has 7 nitrogen and oxygen atoms in total. The number of amides is 1. The Bertz CT molecular complexity index is 617. The Kier molecular flexibility index (Phi) is 6.85. The first-order valence-electron chi connectivity index (χ1n) is 9.60. The average Bonchev–Trinajstić information content (AvgIpc) is 3.31. The first-order chi connectivity index (χ1) is 12.7. The molecule has 0 bridgehead atoms. The Morgan fingerprint density at radius 2 is 1.92 bits per heavy atom. The summed E-state index contributed by atoms with van der Waals surface area (Å²) in [4.78, 5) is 29.3. The van der Waals surface area contributed by atoms with Gasteiger partial charge in [0.05, 0.1) is 13.1 Å². The van der Waals surface area contributed by atoms with E-state index in [-0.39, 0.29) is 5.91 Å². The summed E-state index contributed by atoms with van der Waals surface area (Å²) in [5, 5.41) is 4.44. The van der Waals surface area contributed by atoms with Crippen molar-refractivity contribution in [2.75, 3.05) is 52.4 Å². The fourth-order valence-electron chi connectivity index (χ4n) is 3.42. The fraction of sp³-hybridized carbons (Fsp3) is 0.722. The number of nitrogens with zero attached hydrogens (tertiary/aromatic N) is 5. The molecule has 26 heavy (non-hydrogen) atoms. The van der Waals surface area contributed by atoms with Gasteiger partial charge in [-0.05, 0) is 26.7 Å². The highest BCUT2D eigenvalue weighted by atomic mass is 32.1. The molecule has 2 aliphatic heterocycles. The van der Waals surface area contributed by atoms with Gasteiger partial charge in [0.15, 0.2) is 5.96 Å². The Labute approximate surface area is 160 Å². The molecule has 1 aromatic rings. The van der Waals surface area contributed by atoms with Crippen LogP contribution in [0.3, 0.4) is 0 Å². The van der Waals surface area contributed by atoms with Crippen LogP contribution >= 0.6 is 11.3 Å². The molecule has 2 fully saturated rings. The summed E-state index contributed by atoms with van der Waals surface area (Å²) in [5.74, 6) is 1.24. The van der Waals surface area contributed by atoms with Crippen molar-refractivity contribution in [3.63, 3.8) is 0 Å². The summed E-state index contributed by atoms with van der Waals surface area (Å²) in [5.41, 5.74) is 0. The van der Waals surface area contributed by atoms with E-state index in [0.717, 1.165) is 69.6 Å². The zero-order chi connectivity index (χ0) is 18.4. The molecule has 1 N–H and O–H groups in total. The van der Waals surface area contributed by atoms with Crippen molar-refractivity contribution in [3.05, 3.63) is 16.1 Å². The normalized spacial score (nSPS) is 19.2. The van der Waals surface area contributed by atoms with Crippen molar-refractivity contribution in [3.8, 4) is 0 Å².